The smallest absolute Gasteiger partial charge is 0.251 e. The summed E-state index contributed by atoms with van der Waals surface area (Å²) < 4.78 is 0. The first-order valence-corrected chi connectivity index (χ1v) is 10.2. The van der Waals surface area contributed by atoms with Gasteiger partial charge < -0.3 is 16.2 Å². The number of hydrogen-bond donors (Lipinski definition) is 3. The van der Waals surface area contributed by atoms with E-state index in [1.807, 2.05) is 18.2 Å². The maximum Gasteiger partial charge on any atom is 0.251 e. The molecule has 1 aliphatic heterocycles. The van der Waals surface area contributed by atoms with Crippen molar-refractivity contribution in [3.63, 3.8) is 0 Å². The van der Waals surface area contributed by atoms with Gasteiger partial charge in [-0.1, -0.05) is 36.4 Å². The van der Waals surface area contributed by atoms with E-state index in [4.69, 9.17) is 5.73 Å². The summed E-state index contributed by atoms with van der Waals surface area (Å²) in [4.78, 5) is 27.5. The van der Waals surface area contributed by atoms with Crippen LogP contribution in [0.3, 0.4) is 0 Å². The lowest BCUT2D eigenvalue weighted by Gasteiger charge is -2.30. The van der Waals surface area contributed by atoms with Gasteiger partial charge in [0.25, 0.3) is 5.91 Å². The maximum absolute atomic E-state index is 12.5. The molecular formula is C23H30N4O3. The van der Waals surface area contributed by atoms with Crippen molar-refractivity contribution in [3.05, 3.63) is 70.8 Å². The molecule has 3 rings (SSSR count). The standard InChI is InChI=1S/C23H30N4O3/c1-26(16-22(24)29)13-17-5-4-8-19(11-17)23(30)25-12-21(28)15-27-10-9-18-6-2-3-7-20(18)14-27/h2-8,11,21,28H,9-10,12-16H2,1H3,(H2,24,29)(H,25,30). The number of fused-ring (bicyclic) bond motifs is 1. The first-order valence-electron chi connectivity index (χ1n) is 10.2. The quantitative estimate of drug-likeness (QED) is 0.567. The van der Waals surface area contributed by atoms with E-state index in [0.29, 0.717) is 18.7 Å². The molecule has 0 aromatic heterocycles. The third-order valence-electron chi connectivity index (χ3n) is 5.24. The summed E-state index contributed by atoms with van der Waals surface area (Å²) >= 11 is 0. The zero-order valence-corrected chi connectivity index (χ0v) is 17.4. The Bertz CT molecular complexity index is 886. The van der Waals surface area contributed by atoms with Crippen molar-refractivity contribution in [1.29, 1.82) is 0 Å². The predicted molar refractivity (Wildman–Crippen MR) is 116 cm³/mol. The van der Waals surface area contributed by atoms with Crippen LogP contribution in [-0.2, 0) is 24.3 Å². The summed E-state index contributed by atoms with van der Waals surface area (Å²) in [5, 5.41) is 13.2. The summed E-state index contributed by atoms with van der Waals surface area (Å²) in [5.41, 5.74) is 9.33. The van der Waals surface area contributed by atoms with Crippen molar-refractivity contribution in [2.75, 3.05) is 33.2 Å². The van der Waals surface area contributed by atoms with Crippen LogP contribution in [0.2, 0.25) is 0 Å². The number of primary amides is 1. The van der Waals surface area contributed by atoms with Crippen LogP contribution in [0.25, 0.3) is 0 Å². The minimum absolute atomic E-state index is 0.156. The molecule has 160 valence electrons. The zero-order chi connectivity index (χ0) is 21.5. The second-order valence-corrected chi connectivity index (χ2v) is 7.96. The Morgan fingerprint density at radius 2 is 1.97 bits per heavy atom. The maximum atomic E-state index is 12.5. The van der Waals surface area contributed by atoms with E-state index in [1.165, 1.54) is 11.1 Å². The van der Waals surface area contributed by atoms with Gasteiger partial charge in [-0.2, -0.15) is 0 Å². The van der Waals surface area contributed by atoms with Crippen molar-refractivity contribution in [2.45, 2.75) is 25.6 Å². The third-order valence-corrected chi connectivity index (χ3v) is 5.24. The van der Waals surface area contributed by atoms with Gasteiger partial charge in [0.05, 0.1) is 12.6 Å². The summed E-state index contributed by atoms with van der Waals surface area (Å²) in [6.45, 7) is 3.12. The van der Waals surface area contributed by atoms with E-state index < -0.39 is 12.0 Å². The number of benzene rings is 2. The molecule has 0 saturated heterocycles. The highest BCUT2D eigenvalue weighted by atomic mass is 16.3. The largest absolute Gasteiger partial charge is 0.390 e. The number of nitrogens with zero attached hydrogens (tertiary/aromatic N) is 2. The Morgan fingerprint density at radius 3 is 2.73 bits per heavy atom. The van der Waals surface area contributed by atoms with Gasteiger partial charge in [-0.3, -0.25) is 19.4 Å². The number of rotatable bonds is 9. The predicted octanol–water partition coefficient (Wildman–Crippen LogP) is 0.753. The number of amides is 2. The number of nitrogens with one attached hydrogen (secondary N) is 1. The highest BCUT2D eigenvalue weighted by Gasteiger charge is 2.19. The van der Waals surface area contributed by atoms with Crippen LogP contribution >= 0.6 is 0 Å². The fourth-order valence-electron chi connectivity index (χ4n) is 3.83. The number of carbonyl (C=O) groups is 2. The first-order chi connectivity index (χ1) is 14.4. The molecule has 1 unspecified atom stereocenters. The fraction of sp³-hybridized carbons (Fsp3) is 0.391. The SMILES string of the molecule is CN(CC(N)=O)Cc1cccc(C(=O)NCC(O)CN2CCc3ccccc3C2)c1. The normalized spacial score (nSPS) is 14.9. The highest BCUT2D eigenvalue weighted by Crippen LogP contribution is 2.18. The van der Waals surface area contributed by atoms with Crippen molar-refractivity contribution in [1.82, 2.24) is 15.1 Å². The molecule has 0 spiro atoms. The molecule has 0 fully saturated rings. The molecule has 0 saturated carbocycles. The summed E-state index contributed by atoms with van der Waals surface area (Å²) in [6, 6.07) is 15.6. The Morgan fingerprint density at radius 1 is 1.20 bits per heavy atom. The number of hydrogen-bond acceptors (Lipinski definition) is 5. The van der Waals surface area contributed by atoms with Crippen LogP contribution in [-0.4, -0.2) is 66.1 Å². The van der Waals surface area contributed by atoms with Crippen LogP contribution in [0, 0.1) is 0 Å². The summed E-state index contributed by atoms with van der Waals surface area (Å²) in [6.07, 6.45) is 0.343. The van der Waals surface area contributed by atoms with Crippen molar-refractivity contribution in [3.8, 4) is 0 Å². The molecule has 2 amide bonds. The lowest BCUT2D eigenvalue weighted by molar-refractivity contribution is -0.118. The van der Waals surface area contributed by atoms with Gasteiger partial charge in [-0.25, -0.2) is 0 Å². The fourth-order valence-corrected chi connectivity index (χ4v) is 3.83. The number of β-amino-alcohol motifs (C(OH)–C–C–N with tert-alkyl or cyclic N) is 1. The lowest BCUT2D eigenvalue weighted by Crippen LogP contribution is -2.42. The molecule has 4 N–H and O–H groups in total. The molecule has 0 aliphatic carbocycles. The molecule has 2 aromatic rings. The van der Waals surface area contributed by atoms with E-state index in [1.54, 1.807) is 24.1 Å². The number of nitrogens with two attached hydrogens (primary N) is 1. The summed E-state index contributed by atoms with van der Waals surface area (Å²) in [7, 11) is 1.80. The van der Waals surface area contributed by atoms with Gasteiger partial charge in [0.2, 0.25) is 5.91 Å². The van der Waals surface area contributed by atoms with Crippen molar-refractivity contribution in [2.24, 2.45) is 5.73 Å². The van der Waals surface area contributed by atoms with E-state index >= 15 is 0 Å². The topological polar surface area (TPSA) is 98.9 Å². The number of aliphatic hydroxyl groups is 1. The number of aliphatic hydroxyl groups excluding tert-OH is 1. The second-order valence-electron chi connectivity index (χ2n) is 7.96. The van der Waals surface area contributed by atoms with Gasteiger partial charge in [0.15, 0.2) is 0 Å². The van der Waals surface area contributed by atoms with E-state index in [2.05, 4.69) is 28.4 Å². The Hall–Kier alpha value is -2.74. The van der Waals surface area contributed by atoms with Crippen LogP contribution in [0.4, 0.5) is 0 Å². The van der Waals surface area contributed by atoms with Gasteiger partial charge in [0.1, 0.15) is 0 Å². The van der Waals surface area contributed by atoms with Crippen LogP contribution in [0.15, 0.2) is 48.5 Å². The average molecular weight is 411 g/mol. The summed E-state index contributed by atoms with van der Waals surface area (Å²) in [5.74, 6) is -0.616. The Balaban J connectivity index is 1.47. The van der Waals surface area contributed by atoms with Gasteiger partial charge in [-0.15, -0.1) is 0 Å². The molecule has 0 radical (unpaired) electrons. The monoisotopic (exact) mass is 410 g/mol. The minimum Gasteiger partial charge on any atom is -0.390 e. The third kappa shape index (κ3) is 6.38. The van der Waals surface area contributed by atoms with Crippen LogP contribution in [0.1, 0.15) is 27.0 Å². The highest BCUT2D eigenvalue weighted by molar-refractivity contribution is 5.94. The Kier molecular flexibility index (Phi) is 7.57. The van der Waals surface area contributed by atoms with Gasteiger partial charge >= 0.3 is 0 Å². The molecule has 2 aromatic carbocycles. The van der Waals surface area contributed by atoms with E-state index in [0.717, 1.165) is 25.1 Å². The molecule has 7 heteroatoms. The van der Waals surface area contributed by atoms with Crippen LogP contribution < -0.4 is 11.1 Å². The van der Waals surface area contributed by atoms with Crippen LogP contribution in [0.5, 0.6) is 0 Å². The lowest BCUT2D eigenvalue weighted by atomic mass is 10.00. The molecule has 7 nitrogen and oxygen atoms in total. The van der Waals surface area contributed by atoms with E-state index in [-0.39, 0.29) is 19.0 Å². The molecule has 1 heterocycles. The van der Waals surface area contributed by atoms with Gasteiger partial charge in [-0.05, 0) is 42.3 Å². The molecule has 0 bridgehead atoms. The van der Waals surface area contributed by atoms with E-state index in [9.17, 15) is 14.7 Å². The average Bonchev–Trinajstić information content (AvgIpc) is 2.71. The first kappa shape index (κ1) is 22.0. The van der Waals surface area contributed by atoms with Crippen molar-refractivity contribution < 1.29 is 14.7 Å². The molecular weight excluding hydrogens is 380 g/mol. The molecule has 1 atom stereocenters. The molecule has 1 aliphatic rings. The van der Waals surface area contributed by atoms with Crippen molar-refractivity contribution >= 4 is 11.8 Å². The van der Waals surface area contributed by atoms with Gasteiger partial charge in [0, 0.05) is 38.3 Å². The number of likely N-dealkylation sites (N-methyl/N-ethyl adjacent to an activating group) is 1. The second kappa shape index (κ2) is 10.3. The zero-order valence-electron chi connectivity index (χ0n) is 17.4. The minimum atomic E-state index is -0.635. The molecule has 30 heavy (non-hydrogen) atoms. The number of carbonyl (C=O) groups excluding carboxylic acids is 2. The Labute approximate surface area is 177 Å².